The van der Waals surface area contributed by atoms with Gasteiger partial charge in [0.05, 0.1) is 12.5 Å². The number of benzene rings is 1. The Morgan fingerprint density at radius 3 is 2.76 bits per heavy atom. The van der Waals surface area contributed by atoms with Gasteiger partial charge in [-0.25, -0.2) is 0 Å². The molecule has 0 aliphatic heterocycles. The van der Waals surface area contributed by atoms with Crippen LogP contribution in [0.2, 0.25) is 5.02 Å². The van der Waals surface area contributed by atoms with Crippen LogP contribution >= 0.6 is 11.6 Å². The molecule has 0 spiro atoms. The van der Waals surface area contributed by atoms with Crippen molar-refractivity contribution >= 4 is 17.3 Å². The van der Waals surface area contributed by atoms with E-state index in [2.05, 4.69) is 18.3 Å². The van der Waals surface area contributed by atoms with Gasteiger partial charge in [-0.05, 0) is 31.7 Å². The lowest BCUT2D eigenvalue weighted by Gasteiger charge is -2.20. The molecular weight excluding hydrogens is 234 g/mol. The summed E-state index contributed by atoms with van der Waals surface area (Å²) in [6, 6.07) is 8.38. The van der Waals surface area contributed by atoms with Crippen LogP contribution in [0.15, 0.2) is 18.2 Å². The SMILES string of the molecule is CNC(C)c1ccc(N(C)CCC#N)cc1Cl. The third kappa shape index (κ3) is 3.62. The van der Waals surface area contributed by atoms with Gasteiger partial charge in [0.2, 0.25) is 0 Å². The van der Waals surface area contributed by atoms with Crippen LogP contribution in [0.25, 0.3) is 0 Å². The van der Waals surface area contributed by atoms with Crippen molar-refractivity contribution in [2.75, 3.05) is 25.5 Å². The van der Waals surface area contributed by atoms with Crippen LogP contribution in [0.4, 0.5) is 5.69 Å². The molecule has 0 saturated carbocycles. The van der Waals surface area contributed by atoms with Gasteiger partial charge >= 0.3 is 0 Å². The number of rotatable bonds is 5. The average molecular weight is 252 g/mol. The molecule has 1 N–H and O–H groups in total. The highest BCUT2D eigenvalue weighted by atomic mass is 35.5. The monoisotopic (exact) mass is 251 g/mol. The molecule has 1 rings (SSSR count). The zero-order valence-electron chi connectivity index (χ0n) is 10.5. The van der Waals surface area contributed by atoms with E-state index < -0.39 is 0 Å². The molecule has 0 heterocycles. The molecular formula is C13H18ClN3. The quantitative estimate of drug-likeness (QED) is 0.875. The van der Waals surface area contributed by atoms with Gasteiger partial charge in [0.25, 0.3) is 0 Å². The second kappa shape index (κ2) is 6.48. The summed E-state index contributed by atoms with van der Waals surface area (Å²) in [6.45, 7) is 2.79. The summed E-state index contributed by atoms with van der Waals surface area (Å²) in [5.41, 5.74) is 2.13. The molecule has 0 amide bonds. The van der Waals surface area contributed by atoms with Crippen molar-refractivity contribution in [2.24, 2.45) is 0 Å². The largest absolute Gasteiger partial charge is 0.374 e. The molecule has 92 valence electrons. The van der Waals surface area contributed by atoms with Crippen molar-refractivity contribution < 1.29 is 0 Å². The normalized spacial score (nSPS) is 11.9. The molecule has 0 fully saturated rings. The topological polar surface area (TPSA) is 39.1 Å². The van der Waals surface area contributed by atoms with Crippen molar-refractivity contribution in [3.05, 3.63) is 28.8 Å². The first-order valence-electron chi connectivity index (χ1n) is 5.65. The maximum absolute atomic E-state index is 8.55. The number of halogens is 1. The van der Waals surface area contributed by atoms with Crippen LogP contribution in [-0.4, -0.2) is 20.6 Å². The van der Waals surface area contributed by atoms with E-state index in [1.807, 2.05) is 37.2 Å². The number of nitrogens with zero attached hydrogens (tertiary/aromatic N) is 2. The Hall–Kier alpha value is -1.24. The minimum Gasteiger partial charge on any atom is -0.374 e. The Morgan fingerprint density at radius 2 is 2.24 bits per heavy atom. The van der Waals surface area contributed by atoms with E-state index in [0.29, 0.717) is 13.0 Å². The van der Waals surface area contributed by atoms with Gasteiger partial charge in [0.1, 0.15) is 0 Å². The minimum atomic E-state index is 0.237. The summed E-state index contributed by atoms with van der Waals surface area (Å²) in [5.74, 6) is 0. The third-order valence-electron chi connectivity index (χ3n) is 2.88. The molecule has 4 heteroatoms. The third-order valence-corrected chi connectivity index (χ3v) is 3.21. The van der Waals surface area contributed by atoms with E-state index in [0.717, 1.165) is 16.3 Å². The molecule has 0 radical (unpaired) electrons. The highest BCUT2D eigenvalue weighted by Gasteiger charge is 2.09. The lowest BCUT2D eigenvalue weighted by Crippen LogP contribution is -2.18. The van der Waals surface area contributed by atoms with Crippen LogP contribution in [0.5, 0.6) is 0 Å². The summed E-state index contributed by atoms with van der Waals surface area (Å²) < 4.78 is 0. The Bertz CT molecular complexity index is 412. The van der Waals surface area contributed by atoms with Gasteiger partial charge in [-0.1, -0.05) is 17.7 Å². The first kappa shape index (κ1) is 13.8. The van der Waals surface area contributed by atoms with E-state index in [9.17, 15) is 0 Å². The fourth-order valence-corrected chi connectivity index (χ4v) is 1.95. The molecule has 0 aromatic heterocycles. The average Bonchev–Trinajstić information content (AvgIpc) is 2.34. The van der Waals surface area contributed by atoms with Gasteiger partial charge in [0.15, 0.2) is 0 Å². The second-order valence-electron chi connectivity index (χ2n) is 4.05. The smallest absolute Gasteiger partial charge is 0.0640 e. The predicted octanol–water partition coefficient (Wildman–Crippen LogP) is 2.97. The molecule has 1 unspecified atom stereocenters. The standard InChI is InChI=1S/C13H18ClN3/c1-10(16-2)12-6-5-11(9-13(12)14)17(3)8-4-7-15/h5-6,9-10,16H,4,8H2,1-3H3. The molecule has 1 atom stereocenters. The predicted molar refractivity (Wildman–Crippen MR) is 72.4 cm³/mol. The van der Waals surface area contributed by atoms with Gasteiger partial charge in [-0.2, -0.15) is 5.26 Å². The molecule has 1 aromatic carbocycles. The second-order valence-corrected chi connectivity index (χ2v) is 4.45. The van der Waals surface area contributed by atoms with Crippen LogP contribution in [0.1, 0.15) is 24.9 Å². The number of hydrogen-bond acceptors (Lipinski definition) is 3. The number of nitrogens with one attached hydrogen (secondary N) is 1. The summed E-state index contributed by atoms with van der Waals surface area (Å²) >= 11 is 6.25. The van der Waals surface area contributed by atoms with Crippen LogP contribution in [0.3, 0.4) is 0 Å². The molecule has 1 aromatic rings. The van der Waals surface area contributed by atoms with E-state index >= 15 is 0 Å². The van der Waals surface area contributed by atoms with Crippen molar-refractivity contribution in [1.29, 1.82) is 5.26 Å². The van der Waals surface area contributed by atoms with Crippen molar-refractivity contribution in [3.8, 4) is 6.07 Å². The fraction of sp³-hybridized carbons (Fsp3) is 0.462. The zero-order chi connectivity index (χ0) is 12.8. The first-order valence-corrected chi connectivity index (χ1v) is 6.02. The maximum Gasteiger partial charge on any atom is 0.0640 e. The first-order chi connectivity index (χ1) is 8.10. The number of nitriles is 1. The molecule has 0 aliphatic rings. The Morgan fingerprint density at radius 1 is 1.53 bits per heavy atom. The highest BCUT2D eigenvalue weighted by molar-refractivity contribution is 6.31. The Kier molecular flexibility index (Phi) is 5.27. The van der Waals surface area contributed by atoms with Crippen LogP contribution in [0, 0.1) is 11.3 Å². The lowest BCUT2D eigenvalue weighted by atomic mass is 10.1. The summed E-state index contributed by atoms with van der Waals surface area (Å²) in [5, 5.41) is 12.5. The van der Waals surface area contributed by atoms with E-state index in [-0.39, 0.29) is 6.04 Å². The van der Waals surface area contributed by atoms with E-state index in [4.69, 9.17) is 16.9 Å². The molecule has 17 heavy (non-hydrogen) atoms. The molecule has 0 aliphatic carbocycles. The Balaban J connectivity index is 2.85. The fourth-order valence-electron chi connectivity index (χ4n) is 1.61. The van der Waals surface area contributed by atoms with Crippen molar-refractivity contribution in [3.63, 3.8) is 0 Å². The molecule has 0 saturated heterocycles. The van der Waals surface area contributed by atoms with E-state index in [1.165, 1.54) is 0 Å². The maximum atomic E-state index is 8.55. The molecule has 3 nitrogen and oxygen atoms in total. The van der Waals surface area contributed by atoms with Crippen molar-refractivity contribution in [1.82, 2.24) is 5.32 Å². The number of anilines is 1. The highest BCUT2D eigenvalue weighted by Crippen LogP contribution is 2.27. The van der Waals surface area contributed by atoms with Crippen molar-refractivity contribution in [2.45, 2.75) is 19.4 Å². The lowest BCUT2D eigenvalue weighted by molar-refractivity contribution is 0.652. The summed E-state index contributed by atoms with van der Waals surface area (Å²) in [6.07, 6.45) is 0.517. The van der Waals surface area contributed by atoms with Gasteiger partial charge in [0, 0.05) is 30.3 Å². The van der Waals surface area contributed by atoms with Gasteiger partial charge in [-0.15, -0.1) is 0 Å². The van der Waals surface area contributed by atoms with Crippen LogP contribution < -0.4 is 10.2 Å². The van der Waals surface area contributed by atoms with Gasteiger partial charge < -0.3 is 10.2 Å². The molecule has 0 bridgehead atoms. The van der Waals surface area contributed by atoms with Crippen LogP contribution in [-0.2, 0) is 0 Å². The minimum absolute atomic E-state index is 0.237. The van der Waals surface area contributed by atoms with E-state index in [1.54, 1.807) is 0 Å². The Labute approximate surface area is 108 Å². The van der Waals surface area contributed by atoms with Gasteiger partial charge in [-0.3, -0.25) is 0 Å². The number of hydrogen-bond donors (Lipinski definition) is 1. The summed E-state index contributed by atoms with van der Waals surface area (Å²) in [7, 11) is 3.87. The summed E-state index contributed by atoms with van der Waals surface area (Å²) in [4.78, 5) is 2.03. The zero-order valence-corrected chi connectivity index (χ0v) is 11.3.